The molecule has 2 aromatic rings. The zero-order chi connectivity index (χ0) is 15.3. The summed E-state index contributed by atoms with van der Waals surface area (Å²) < 4.78 is 37.1. The molecular weight excluding hydrogens is 279 g/mol. The molecule has 1 aromatic carbocycles. The highest BCUT2D eigenvalue weighted by molar-refractivity contribution is 5.80. The first-order chi connectivity index (χ1) is 9.99. The van der Waals surface area contributed by atoms with Crippen molar-refractivity contribution in [3.05, 3.63) is 59.3 Å². The second-order valence-electron chi connectivity index (χ2n) is 4.40. The molecule has 6 heteroatoms. The molecule has 0 saturated heterocycles. The van der Waals surface area contributed by atoms with E-state index in [0.29, 0.717) is 0 Å². The Hall–Kier alpha value is -2.37. The second kappa shape index (κ2) is 6.39. The van der Waals surface area contributed by atoms with Gasteiger partial charge in [-0.2, -0.15) is 18.3 Å². The normalized spacial score (nSPS) is 11.8. The first kappa shape index (κ1) is 15.0. The highest BCUT2D eigenvalue weighted by Gasteiger charge is 2.30. The molecule has 0 fully saturated rings. The summed E-state index contributed by atoms with van der Waals surface area (Å²) in [6, 6.07) is 10.0. The van der Waals surface area contributed by atoms with Crippen LogP contribution in [0, 0.1) is 0 Å². The molecule has 0 aliphatic heterocycles. The lowest BCUT2D eigenvalue weighted by Crippen LogP contribution is -2.05. The minimum atomic E-state index is -4.38. The minimum Gasteiger partial charge on any atom is -0.261 e. The third kappa shape index (κ3) is 4.30. The number of aryl methyl sites for hydroxylation is 1. The van der Waals surface area contributed by atoms with Crippen molar-refractivity contribution in [2.75, 3.05) is 5.43 Å². The number of anilines is 1. The number of hydrogen-bond acceptors (Lipinski definition) is 3. The number of benzene rings is 1. The van der Waals surface area contributed by atoms with Gasteiger partial charge in [0, 0.05) is 6.20 Å². The SMILES string of the molecule is CCc1ccc(/C=N/Nc2ccc(C(F)(F)F)cn2)cc1. The van der Waals surface area contributed by atoms with Gasteiger partial charge in [-0.1, -0.05) is 31.2 Å². The van der Waals surface area contributed by atoms with Crippen molar-refractivity contribution in [1.82, 2.24) is 4.98 Å². The first-order valence-electron chi connectivity index (χ1n) is 6.40. The Morgan fingerprint density at radius 2 is 1.86 bits per heavy atom. The van der Waals surface area contributed by atoms with Gasteiger partial charge in [0.25, 0.3) is 0 Å². The van der Waals surface area contributed by atoms with Gasteiger partial charge in [-0.25, -0.2) is 4.98 Å². The van der Waals surface area contributed by atoms with Crippen molar-refractivity contribution in [3.63, 3.8) is 0 Å². The molecule has 0 aliphatic rings. The fourth-order valence-corrected chi connectivity index (χ4v) is 1.64. The molecule has 3 nitrogen and oxygen atoms in total. The van der Waals surface area contributed by atoms with Crippen LogP contribution in [0.25, 0.3) is 0 Å². The highest BCUT2D eigenvalue weighted by atomic mass is 19.4. The molecule has 2 rings (SSSR count). The van der Waals surface area contributed by atoms with Gasteiger partial charge in [0.1, 0.15) is 5.82 Å². The molecule has 0 atom stereocenters. The second-order valence-corrected chi connectivity index (χ2v) is 4.40. The van der Waals surface area contributed by atoms with Crippen molar-refractivity contribution in [1.29, 1.82) is 0 Å². The molecule has 110 valence electrons. The van der Waals surface area contributed by atoms with E-state index in [4.69, 9.17) is 0 Å². The molecule has 1 heterocycles. The summed E-state index contributed by atoms with van der Waals surface area (Å²) in [6.07, 6.45) is -1.06. The Morgan fingerprint density at radius 1 is 1.14 bits per heavy atom. The van der Waals surface area contributed by atoms with Crippen LogP contribution in [0.15, 0.2) is 47.7 Å². The quantitative estimate of drug-likeness (QED) is 0.680. The standard InChI is InChI=1S/C15H14F3N3/c1-2-11-3-5-12(6-4-11)9-20-21-14-8-7-13(10-19-14)15(16,17)18/h3-10H,2H2,1H3,(H,19,21)/b20-9+. The molecule has 0 saturated carbocycles. The third-order valence-corrected chi connectivity index (χ3v) is 2.87. The maximum Gasteiger partial charge on any atom is 0.417 e. The number of aromatic nitrogens is 1. The average molecular weight is 293 g/mol. The van der Waals surface area contributed by atoms with Crippen LogP contribution in [-0.2, 0) is 12.6 Å². The Morgan fingerprint density at radius 3 is 2.38 bits per heavy atom. The maximum atomic E-state index is 12.4. The summed E-state index contributed by atoms with van der Waals surface area (Å²) in [7, 11) is 0. The number of rotatable bonds is 4. The monoisotopic (exact) mass is 293 g/mol. The van der Waals surface area contributed by atoms with Crippen molar-refractivity contribution >= 4 is 12.0 Å². The fourth-order valence-electron chi connectivity index (χ4n) is 1.64. The Bertz CT molecular complexity index is 602. The van der Waals surface area contributed by atoms with Crippen LogP contribution in [0.2, 0.25) is 0 Å². The van der Waals surface area contributed by atoms with Crippen LogP contribution in [0.1, 0.15) is 23.6 Å². The summed E-state index contributed by atoms with van der Waals surface area (Å²) in [5, 5.41) is 3.94. The summed E-state index contributed by atoms with van der Waals surface area (Å²) >= 11 is 0. The van der Waals surface area contributed by atoms with Gasteiger partial charge < -0.3 is 0 Å². The van der Waals surface area contributed by atoms with Crippen LogP contribution in [0.5, 0.6) is 0 Å². The van der Waals surface area contributed by atoms with Gasteiger partial charge >= 0.3 is 6.18 Å². The predicted molar refractivity (Wildman–Crippen MR) is 76.3 cm³/mol. The molecule has 0 aliphatic carbocycles. The summed E-state index contributed by atoms with van der Waals surface area (Å²) in [4.78, 5) is 3.66. The topological polar surface area (TPSA) is 37.3 Å². The Kier molecular flexibility index (Phi) is 4.57. The van der Waals surface area contributed by atoms with Gasteiger partial charge in [-0.3, -0.25) is 5.43 Å². The van der Waals surface area contributed by atoms with E-state index in [1.165, 1.54) is 11.6 Å². The van der Waals surface area contributed by atoms with E-state index in [1.807, 2.05) is 24.3 Å². The van der Waals surface area contributed by atoms with Crippen LogP contribution >= 0.6 is 0 Å². The maximum absolute atomic E-state index is 12.4. The molecule has 1 N–H and O–H groups in total. The van der Waals surface area contributed by atoms with E-state index in [0.717, 1.165) is 24.2 Å². The number of nitrogens with zero attached hydrogens (tertiary/aromatic N) is 2. The van der Waals surface area contributed by atoms with E-state index in [9.17, 15) is 13.2 Å². The van der Waals surface area contributed by atoms with Crippen molar-refractivity contribution < 1.29 is 13.2 Å². The molecule has 0 radical (unpaired) electrons. The number of halogens is 3. The largest absolute Gasteiger partial charge is 0.417 e. The summed E-state index contributed by atoms with van der Waals surface area (Å²) in [6.45, 7) is 2.07. The number of hydrogen-bond donors (Lipinski definition) is 1. The summed E-state index contributed by atoms with van der Waals surface area (Å²) in [5.41, 5.74) is 3.93. The van der Waals surface area contributed by atoms with Crippen LogP contribution in [0.4, 0.5) is 19.0 Å². The van der Waals surface area contributed by atoms with Crippen LogP contribution in [0.3, 0.4) is 0 Å². The smallest absolute Gasteiger partial charge is 0.261 e. The van der Waals surface area contributed by atoms with Crippen molar-refractivity contribution in [2.24, 2.45) is 5.10 Å². The predicted octanol–water partition coefficient (Wildman–Crippen LogP) is 4.11. The lowest BCUT2D eigenvalue weighted by Gasteiger charge is -2.06. The molecule has 0 amide bonds. The third-order valence-electron chi connectivity index (χ3n) is 2.87. The molecule has 0 unspecified atom stereocenters. The number of pyridine rings is 1. The Labute approximate surface area is 120 Å². The van der Waals surface area contributed by atoms with E-state index in [1.54, 1.807) is 6.21 Å². The number of nitrogens with one attached hydrogen (secondary N) is 1. The highest BCUT2D eigenvalue weighted by Crippen LogP contribution is 2.28. The molecular formula is C15H14F3N3. The van der Waals surface area contributed by atoms with E-state index < -0.39 is 11.7 Å². The molecule has 0 spiro atoms. The molecule has 1 aromatic heterocycles. The van der Waals surface area contributed by atoms with Gasteiger partial charge in [0.15, 0.2) is 0 Å². The van der Waals surface area contributed by atoms with Gasteiger partial charge in [0.2, 0.25) is 0 Å². The lowest BCUT2D eigenvalue weighted by molar-refractivity contribution is -0.137. The van der Waals surface area contributed by atoms with E-state index >= 15 is 0 Å². The Balaban J connectivity index is 1.97. The zero-order valence-electron chi connectivity index (χ0n) is 11.4. The number of alkyl halides is 3. The van der Waals surface area contributed by atoms with Gasteiger partial charge in [-0.15, -0.1) is 0 Å². The lowest BCUT2D eigenvalue weighted by atomic mass is 10.1. The molecule has 0 bridgehead atoms. The fraction of sp³-hybridized carbons (Fsp3) is 0.200. The van der Waals surface area contributed by atoms with E-state index in [-0.39, 0.29) is 5.82 Å². The van der Waals surface area contributed by atoms with E-state index in [2.05, 4.69) is 22.4 Å². The van der Waals surface area contributed by atoms with Crippen LogP contribution in [-0.4, -0.2) is 11.2 Å². The number of hydrazone groups is 1. The van der Waals surface area contributed by atoms with Crippen molar-refractivity contribution in [2.45, 2.75) is 19.5 Å². The van der Waals surface area contributed by atoms with Gasteiger partial charge in [0.05, 0.1) is 11.8 Å². The first-order valence-corrected chi connectivity index (χ1v) is 6.40. The molecule has 21 heavy (non-hydrogen) atoms. The zero-order valence-corrected chi connectivity index (χ0v) is 11.4. The van der Waals surface area contributed by atoms with Gasteiger partial charge in [-0.05, 0) is 29.7 Å². The average Bonchev–Trinajstić information content (AvgIpc) is 2.47. The summed E-state index contributed by atoms with van der Waals surface area (Å²) in [5.74, 6) is 0.254. The van der Waals surface area contributed by atoms with Crippen LogP contribution < -0.4 is 5.43 Å². The van der Waals surface area contributed by atoms with Crippen molar-refractivity contribution in [3.8, 4) is 0 Å². The minimum absolute atomic E-state index is 0.254.